The van der Waals surface area contributed by atoms with E-state index in [4.69, 9.17) is 5.26 Å². The van der Waals surface area contributed by atoms with Crippen LogP contribution in [0.5, 0.6) is 0 Å². The number of hydrogen-bond acceptors (Lipinski definition) is 4. The lowest BCUT2D eigenvalue weighted by Gasteiger charge is -2.22. The normalized spacial score (nSPS) is 18.8. The molecule has 136 valence electrons. The Labute approximate surface area is 164 Å². The topological polar surface area (TPSA) is 102 Å². The highest BCUT2D eigenvalue weighted by Crippen LogP contribution is 2.30. The Balaban J connectivity index is 1.78. The quantitative estimate of drug-likeness (QED) is 0.733. The zero-order valence-electron chi connectivity index (χ0n) is 14.3. The Hall–Kier alpha value is -3.18. The smallest absolute Gasteiger partial charge is 0.323 e. The van der Waals surface area contributed by atoms with Crippen LogP contribution in [-0.2, 0) is 15.1 Å². The minimum Gasteiger partial charge on any atom is -0.323 e. The number of halogens is 1. The molecule has 0 aliphatic carbocycles. The van der Waals surface area contributed by atoms with E-state index in [-0.39, 0.29) is 0 Å². The summed E-state index contributed by atoms with van der Waals surface area (Å²) in [5, 5.41) is 14.3. The third-order valence-corrected chi connectivity index (χ3v) is 4.79. The molecule has 2 N–H and O–H groups in total. The van der Waals surface area contributed by atoms with Gasteiger partial charge in [-0.05, 0) is 36.8 Å². The summed E-state index contributed by atoms with van der Waals surface area (Å²) in [5.41, 5.74) is -0.0344. The van der Waals surface area contributed by atoms with Gasteiger partial charge in [-0.3, -0.25) is 14.5 Å². The average molecular weight is 427 g/mol. The van der Waals surface area contributed by atoms with Crippen molar-refractivity contribution in [3.8, 4) is 6.07 Å². The summed E-state index contributed by atoms with van der Waals surface area (Å²) in [4.78, 5) is 38.4. The molecule has 2 aromatic carbocycles. The third kappa shape index (κ3) is 3.55. The lowest BCUT2D eigenvalue weighted by atomic mass is 9.92. The molecule has 1 aliphatic heterocycles. The molecule has 1 fully saturated rings. The van der Waals surface area contributed by atoms with E-state index in [1.807, 2.05) is 12.1 Å². The molecule has 0 bridgehead atoms. The highest BCUT2D eigenvalue weighted by molar-refractivity contribution is 9.10. The first-order valence-corrected chi connectivity index (χ1v) is 8.83. The number of nitriles is 1. The van der Waals surface area contributed by atoms with Crippen molar-refractivity contribution < 1.29 is 14.4 Å². The van der Waals surface area contributed by atoms with Crippen molar-refractivity contribution in [1.29, 1.82) is 5.26 Å². The maximum Gasteiger partial charge on any atom is 0.325 e. The van der Waals surface area contributed by atoms with Crippen molar-refractivity contribution in [2.75, 3.05) is 11.9 Å². The molecule has 2 aromatic rings. The molecule has 0 aromatic heterocycles. The first-order chi connectivity index (χ1) is 12.8. The second-order valence-electron chi connectivity index (χ2n) is 6.16. The number of benzene rings is 2. The molecule has 0 spiro atoms. The molecule has 7 nitrogen and oxygen atoms in total. The lowest BCUT2D eigenvalue weighted by Crippen LogP contribution is -2.42. The van der Waals surface area contributed by atoms with Crippen molar-refractivity contribution in [2.45, 2.75) is 12.5 Å². The van der Waals surface area contributed by atoms with Crippen LogP contribution in [-0.4, -0.2) is 29.3 Å². The second kappa shape index (κ2) is 7.21. The fraction of sp³-hybridized carbons (Fsp3) is 0.158. The molecule has 1 saturated heterocycles. The van der Waals surface area contributed by atoms with Gasteiger partial charge in [0, 0.05) is 4.47 Å². The van der Waals surface area contributed by atoms with Crippen molar-refractivity contribution in [3.63, 3.8) is 0 Å². The van der Waals surface area contributed by atoms with Crippen LogP contribution in [0.15, 0.2) is 53.0 Å². The molecule has 0 saturated carbocycles. The lowest BCUT2D eigenvalue weighted by molar-refractivity contribution is -0.133. The summed E-state index contributed by atoms with van der Waals surface area (Å²) in [7, 11) is 0. The van der Waals surface area contributed by atoms with E-state index in [1.54, 1.807) is 49.4 Å². The Bertz CT molecular complexity index is 985. The van der Waals surface area contributed by atoms with Crippen LogP contribution >= 0.6 is 15.9 Å². The van der Waals surface area contributed by atoms with E-state index >= 15 is 0 Å². The number of carbonyl (C=O) groups excluding carboxylic acids is 3. The number of carbonyl (C=O) groups is 3. The number of amides is 4. The SMILES string of the molecule is CC1(c2cccc(Br)c2)NC(=O)N(CC(=O)Nc2ccccc2C#N)C1=O. The fourth-order valence-corrected chi connectivity index (χ4v) is 3.26. The predicted octanol–water partition coefficient (Wildman–Crippen LogP) is 2.73. The summed E-state index contributed by atoms with van der Waals surface area (Å²) < 4.78 is 0.771. The summed E-state index contributed by atoms with van der Waals surface area (Å²) in [6.45, 7) is 1.14. The Morgan fingerprint density at radius 1 is 1.26 bits per heavy atom. The van der Waals surface area contributed by atoms with Gasteiger partial charge in [-0.2, -0.15) is 5.26 Å². The molecule has 3 rings (SSSR count). The van der Waals surface area contributed by atoms with E-state index in [0.717, 1.165) is 9.37 Å². The van der Waals surface area contributed by atoms with Crippen LogP contribution in [0.1, 0.15) is 18.1 Å². The standard InChI is InChI=1S/C19H15BrN4O3/c1-19(13-6-4-7-14(20)9-13)17(26)24(18(27)23-19)11-16(25)22-15-8-3-2-5-12(15)10-21/h2-9H,11H2,1H3,(H,22,25)(H,23,27). The summed E-state index contributed by atoms with van der Waals surface area (Å²) in [5.74, 6) is -1.09. The summed E-state index contributed by atoms with van der Waals surface area (Å²) >= 11 is 3.35. The van der Waals surface area contributed by atoms with E-state index in [9.17, 15) is 14.4 Å². The molecule has 1 unspecified atom stereocenters. The van der Waals surface area contributed by atoms with Gasteiger partial charge in [0.2, 0.25) is 5.91 Å². The zero-order chi connectivity index (χ0) is 19.6. The maximum atomic E-state index is 12.9. The van der Waals surface area contributed by atoms with Gasteiger partial charge in [0.05, 0.1) is 11.3 Å². The largest absolute Gasteiger partial charge is 0.325 e. The number of anilines is 1. The van der Waals surface area contributed by atoms with Gasteiger partial charge in [0.25, 0.3) is 5.91 Å². The minimum absolute atomic E-state index is 0.294. The van der Waals surface area contributed by atoms with Gasteiger partial charge in [0.15, 0.2) is 0 Å². The van der Waals surface area contributed by atoms with Gasteiger partial charge in [0.1, 0.15) is 18.2 Å². The van der Waals surface area contributed by atoms with Crippen LogP contribution in [0.3, 0.4) is 0 Å². The molecule has 27 heavy (non-hydrogen) atoms. The van der Waals surface area contributed by atoms with Crippen LogP contribution in [0.4, 0.5) is 10.5 Å². The van der Waals surface area contributed by atoms with Gasteiger partial charge < -0.3 is 10.6 Å². The molecule has 1 atom stereocenters. The van der Waals surface area contributed by atoms with E-state index in [0.29, 0.717) is 16.8 Å². The zero-order valence-corrected chi connectivity index (χ0v) is 15.9. The van der Waals surface area contributed by atoms with Crippen LogP contribution < -0.4 is 10.6 Å². The van der Waals surface area contributed by atoms with Gasteiger partial charge in [-0.15, -0.1) is 0 Å². The van der Waals surface area contributed by atoms with Gasteiger partial charge in [-0.25, -0.2) is 4.79 Å². The Kier molecular flexibility index (Phi) is 4.97. The maximum absolute atomic E-state index is 12.9. The van der Waals surface area contributed by atoms with Crippen LogP contribution in [0, 0.1) is 11.3 Å². The number of nitrogens with one attached hydrogen (secondary N) is 2. The van der Waals surface area contributed by atoms with E-state index in [2.05, 4.69) is 26.6 Å². The second-order valence-corrected chi connectivity index (χ2v) is 7.08. The van der Waals surface area contributed by atoms with Crippen LogP contribution in [0.25, 0.3) is 0 Å². The molecular formula is C19H15BrN4O3. The summed E-state index contributed by atoms with van der Waals surface area (Å²) in [6.07, 6.45) is 0. The molecule has 8 heteroatoms. The van der Waals surface area contributed by atoms with Crippen molar-refractivity contribution in [1.82, 2.24) is 10.2 Å². The van der Waals surface area contributed by atoms with E-state index in [1.165, 1.54) is 0 Å². The van der Waals surface area contributed by atoms with E-state index < -0.39 is 29.9 Å². The first-order valence-electron chi connectivity index (χ1n) is 8.04. The van der Waals surface area contributed by atoms with Crippen molar-refractivity contribution in [3.05, 3.63) is 64.1 Å². The Morgan fingerprint density at radius 2 is 2.00 bits per heavy atom. The highest BCUT2D eigenvalue weighted by Gasteiger charge is 2.49. The Morgan fingerprint density at radius 3 is 2.70 bits per heavy atom. The highest BCUT2D eigenvalue weighted by atomic mass is 79.9. The number of nitrogens with zero attached hydrogens (tertiary/aromatic N) is 2. The average Bonchev–Trinajstić information content (AvgIpc) is 2.86. The fourth-order valence-electron chi connectivity index (χ4n) is 2.86. The number of imide groups is 1. The molecular weight excluding hydrogens is 412 g/mol. The molecule has 0 radical (unpaired) electrons. The summed E-state index contributed by atoms with van der Waals surface area (Å²) in [6, 6.07) is 14.9. The van der Waals surface area contributed by atoms with Gasteiger partial charge in [-0.1, -0.05) is 40.2 Å². The molecule has 1 heterocycles. The molecule has 4 amide bonds. The predicted molar refractivity (Wildman–Crippen MR) is 102 cm³/mol. The first kappa shape index (κ1) is 18.6. The monoisotopic (exact) mass is 426 g/mol. The molecule has 1 aliphatic rings. The number of hydrogen-bond donors (Lipinski definition) is 2. The number of para-hydroxylation sites is 1. The van der Waals surface area contributed by atoms with Crippen LogP contribution in [0.2, 0.25) is 0 Å². The third-order valence-electron chi connectivity index (χ3n) is 4.30. The van der Waals surface area contributed by atoms with Crippen molar-refractivity contribution >= 4 is 39.5 Å². The van der Waals surface area contributed by atoms with Crippen molar-refractivity contribution in [2.24, 2.45) is 0 Å². The number of rotatable bonds is 4. The van der Waals surface area contributed by atoms with Gasteiger partial charge >= 0.3 is 6.03 Å². The minimum atomic E-state index is -1.26. The number of urea groups is 1.